The third-order valence-electron chi connectivity index (χ3n) is 7.26. The van der Waals surface area contributed by atoms with Crippen molar-refractivity contribution in [3.05, 3.63) is 88.6 Å². The molecule has 0 bridgehead atoms. The van der Waals surface area contributed by atoms with E-state index in [9.17, 15) is 0 Å². The lowest BCUT2D eigenvalue weighted by molar-refractivity contribution is 0.724. The monoisotopic (exact) mass is 389 g/mol. The highest BCUT2D eigenvalue weighted by molar-refractivity contribution is 5.99. The first-order chi connectivity index (χ1) is 14.7. The van der Waals surface area contributed by atoms with Crippen molar-refractivity contribution in [2.45, 2.75) is 51.9 Å². The molecule has 0 radical (unpaired) electrons. The van der Waals surface area contributed by atoms with E-state index in [4.69, 9.17) is 4.98 Å². The smallest absolute Gasteiger partial charge is 0.0783 e. The summed E-state index contributed by atoms with van der Waals surface area (Å²) >= 11 is 0. The summed E-state index contributed by atoms with van der Waals surface area (Å²) in [7, 11) is 0. The molecule has 0 N–H and O–H groups in total. The van der Waals surface area contributed by atoms with Crippen LogP contribution in [0.25, 0.3) is 33.2 Å². The maximum absolute atomic E-state index is 5.03. The third-order valence-corrected chi connectivity index (χ3v) is 7.26. The quantitative estimate of drug-likeness (QED) is 0.301. The SMILES string of the molecule is Cc1cc2c(c(-c3ncc(C)c4ccc(C5CCCC5)cc34)c1)Cc1ccccc1-2. The summed E-state index contributed by atoms with van der Waals surface area (Å²) in [5, 5.41) is 2.66. The van der Waals surface area contributed by atoms with E-state index < -0.39 is 0 Å². The van der Waals surface area contributed by atoms with E-state index >= 15 is 0 Å². The van der Waals surface area contributed by atoms with Crippen LogP contribution in [0.15, 0.2) is 60.8 Å². The summed E-state index contributed by atoms with van der Waals surface area (Å²) in [6.07, 6.45) is 8.45. The van der Waals surface area contributed by atoms with Gasteiger partial charge in [0.1, 0.15) is 0 Å². The van der Waals surface area contributed by atoms with Crippen molar-refractivity contribution in [1.82, 2.24) is 4.98 Å². The van der Waals surface area contributed by atoms with Gasteiger partial charge in [-0.3, -0.25) is 4.98 Å². The lowest BCUT2D eigenvalue weighted by Gasteiger charge is -2.16. The Labute approximate surface area is 178 Å². The van der Waals surface area contributed by atoms with Crippen molar-refractivity contribution >= 4 is 10.8 Å². The van der Waals surface area contributed by atoms with Gasteiger partial charge in [0.05, 0.1) is 5.69 Å². The number of benzene rings is 3. The molecule has 0 amide bonds. The fraction of sp³-hybridized carbons (Fsp3) is 0.276. The van der Waals surface area contributed by atoms with Gasteiger partial charge in [-0.15, -0.1) is 0 Å². The Balaban J connectivity index is 1.60. The largest absolute Gasteiger partial charge is 0.255 e. The molecule has 2 aliphatic rings. The average Bonchev–Trinajstić information content (AvgIpc) is 3.42. The van der Waals surface area contributed by atoms with Crippen LogP contribution in [0.1, 0.15) is 59.4 Å². The maximum atomic E-state index is 5.03. The van der Waals surface area contributed by atoms with E-state index in [1.807, 2.05) is 0 Å². The summed E-state index contributed by atoms with van der Waals surface area (Å²) in [6, 6.07) is 20.7. The second-order valence-electron chi connectivity index (χ2n) is 9.25. The van der Waals surface area contributed by atoms with Gasteiger partial charge >= 0.3 is 0 Å². The lowest BCUT2D eigenvalue weighted by Crippen LogP contribution is -1.97. The van der Waals surface area contributed by atoms with Crippen LogP contribution in [0.2, 0.25) is 0 Å². The summed E-state index contributed by atoms with van der Waals surface area (Å²) in [6.45, 7) is 4.40. The number of hydrogen-bond acceptors (Lipinski definition) is 1. The van der Waals surface area contributed by atoms with Crippen molar-refractivity contribution in [1.29, 1.82) is 0 Å². The zero-order chi connectivity index (χ0) is 20.2. The van der Waals surface area contributed by atoms with E-state index in [-0.39, 0.29) is 0 Å². The number of aromatic nitrogens is 1. The predicted molar refractivity (Wildman–Crippen MR) is 126 cm³/mol. The van der Waals surface area contributed by atoms with Crippen molar-refractivity contribution in [2.75, 3.05) is 0 Å². The topological polar surface area (TPSA) is 12.9 Å². The minimum absolute atomic E-state index is 0.718. The summed E-state index contributed by atoms with van der Waals surface area (Å²) in [5.74, 6) is 0.718. The molecule has 148 valence electrons. The molecule has 3 aromatic carbocycles. The number of aryl methyl sites for hydroxylation is 2. The average molecular weight is 390 g/mol. The highest BCUT2D eigenvalue weighted by atomic mass is 14.7. The Morgan fingerprint density at radius 1 is 0.800 bits per heavy atom. The molecule has 4 aromatic rings. The molecule has 1 heteroatoms. The molecular weight excluding hydrogens is 362 g/mol. The molecule has 0 unspecified atom stereocenters. The molecule has 30 heavy (non-hydrogen) atoms. The van der Waals surface area contributed by atoms with Crippen LogP contribution in [0.5, 0.6) is 0 Å². The van der Waals surface area contributed by atoms with Crippen LogP contribution in [-0.4, -0.2) is 4.98 Å². The van der Waals surface area contributed by atoms with Gasteiger partial charge in [-0.2, -0.15) is 0 Å². The van der Waals surface area contributed by atoms with E-state index in [0.717, 1.165) is 18.0 Å². The van der Waals surface area contributed by atoms with Crippen LogP contribution in [0, 0.1) is 13.8 Å². The van der Waals surface area contributed by atoms with Crippen LogP contribution in [0.4, 0.5) is 0 Å². The number of rotatable bonds is 2. The predicted octanol–water partition coefficient (Wildman–Crippen LogP) is 7.75. The number of nitrogens with zero attached hydrogens (tertiary/aromatic N) is 1. The molecule has 0 spiro atoms. The zero-order valence-electron chi connectivity index (χ0n) is 17.8. The highest BCUT2D eigenvalue weighted by Crippen LogP contribution is 2.44. The van der Waals surface area contributed by atoms with Crippen molar-refractivity contribution in [3.8, 4) is 22.4 Å². The number of fused-ring (bicyclic) bond motifs is 4. The first-order valence-electron chi connectivity index (χ1n) is 11.3. The van der Waals surface area contributed by atoms with Crippen LogP contribution in [0.3, 0.4) is 0 Å². The molecule has 1 aromatic heterocycles. The van der Waals surface area contributed by atoms with E-state index in [2.05, 4.69) is 74.6 Å². The molecular formula is C29H27N. The van der Waals surface area contributed by atoms with Crippen molar-refractivity contribution in [3.63, 3.8) is 0 Å². The van der Waals surface area contributed by atoms with Gasteiger partial charge in [0.15, 0.2) is 0 Å². The summed E-state index contributed by atoms with van der Waals surface area (Å²) in [5.41, 5.74) is 12.2. The maximum Gasteiger partial charge on any atom is 0.0783 e. The van der Waals surface area contributed by atoms with Gasteiger partial charge in [-0.05, 0) is 95.5 Å². The minimum Gasteiger partial charge on any atom is -0.255 e. The molecule has 1 heterocycles. The molecule has 1 fully saturated rings. The fourth-order valence-corrected chi connectivity index (χ4v) is 5.72. The van der Waals surface area contributed by atoms with Crippen molar-refractivity contribution < 1.29 is 0 Å². The van der Waals surface area contributed by atoms with E-state index in [0.29, 0.717) is 0 Å². The van der Waals surface area contributed by atoms with Gasteiger partial charge < -0.3 is 0 Å². The summed E-state index contributed by atoms with van der Waals surface area (Å²) < 4.78 is 0. The second kappa shape index (κ2) is 6.80. The number of pyridine rings is 1. The fourth-order valence-electron chi connectivity index (χ4n) is 5.72. The van der Waals surface area contributed by atoms with Gasteiger partial charge in [0.25, 0.3) is 0 Å². The second-order valence-corrected chi connectivity index (χ2v) is 9.25. The van der Waals surface area contributed by atoms with Crippen LogP contribution in [-0.2, 0) is 6.42 Å². The summed E-state index contributed by atoms with van der Waals surface area (Å²) in [4.78, 5) is 5.03. The standard InChI is InChI=1S/C29H27N/c1-18-13-25-24-10-6-5-9-22(24)16-26(25)27(14-18)29-28-15-21(20-7-3-4-8-20)11-12-23(28)19(2)17-30-29/h5-6,9-15,17,20H,3-4,7-8,16H2,1-2H3. The minimum atomic E-state index is 0.718. The molecule has 0 atom stereocenters. The molecule has 6 rings (SSSR count). The van der Waals surface area contributed by atoms with Crippen LogP contribution < -0.4 is 0 Å². The lowest BCUT2D eigenvalue weighted by atomic mass is 9.90. The highest BCUT2D eigenvalue weighted by Gasteiger charge is 2.24. The molecule has 0 saturated heterocycles. The molecule has 1 saturated carbocycles. The van der Waals surface area contributed by atoms with Gasteiger partial charge in [0.2, 0.25) is 0 Å². The first kappa shape index (κ1) is 17.9. The Kier molecular flexibility index (Phi) is 4.06. The van der Waals surface area contributed by atoms with E-state index in [1.165, 1.54) is 81.0 Å². The van der Waals surface area contributed by atoms with Crippen molar-refractivity contribution in [2.24, 2.45) is 0 Å². The zero-order valence-corrected chi connectivity index (χ0v) is 17.8. The van der Waals surface area contributed by atoms with Crippen LogP contribution >= 0.6 is 0 Å². The third kappa shape index (κ3) is 2.72. The van der Waals surface area contributed by atoms with E-state index in [1.54, 1.807) is 0 Å². The van der Waals surface area contributed by atoms with Gasteiger partial charge in [-0.25, -0.2) is 0 Å². The van der Waals surface area contributed by atoms with Gasteiger partial charge in [-0.1, -0.05) is 55.3 Å². The Bertz CT molecular complexity index is 1290. The Morgan fingerprint density at radius 3 is 2.47 bits per heavy atom. The Hall–Kier alpha value is -2.93. The molecule has 1 nitrogen and oxygen atoms in total. The Morgan fingerprint density at radius 2 is 1.60 bits per heavy atom. The number of hydrogen-bond donors (Lipinski definition) is 0. The normalized spacial score (nSPS) is 15.5. The molecule has 2 aliphatic carbocycles. The first-order valence-corrected chi connectivity index (χ1v) is 11.3. The van der Waals surface area contributed by atoms with Gasteiger partial charge in [0, 0.05) is 17.1 Å². The molecule has 0 aliphatic heterocycles.